The summed E-state index contributed by atoms with van der Waals surface area (Å²) in [7, 11) is 1.64. The molecule has 0 saturated heterocycles. The van der Waals surface area contributed by atoms with Crippen LogP contribution < -0.4 is 10.3 Å². The van der Waals surface area contributed by atoms with Crippen LogP contribution >= 0.6 is 0 Å². The van der Waals surface area contributed by atoms with Gasteiger partial charge >= 0.3 is 5.56 Å². The van der Waals surface area contributed by atoms with Crippen LogP contribution in [0.1, 0.15) is 55.7 Å². The predicted molar refractivity (Wildman–Crippen MR) is 115 cm³/mol. The molecule has 1 N–H and O–H groups in total. The van der Waals surface area contributed by atoms with E-state index in [4.69, 9.17) is 14.5 Å². The Balaban J connectivity index is 1.41. The summed E-state index contributed by atoms with van der Waals surface area (Å²) in [4.78, 5) is 25.7. The van der Waals surface area contributed by atoms with Crippen molar-refractivity contribution in [1.82, 2.24) is 29.1 Å². The molecule has 1 aliphatic carbocycles. The third-order valence-corrected chi connectivity index (χ3v) is 5.96. The number of benzene rings is 1. The second-order valence-electron chi connectivity index (χ2n) is 7.93. The molecule has 1 fully saturated rings. The van der Waals surface area contributed by atoms with Crippen molar-refractivity contribution in [2.75, 3.05) is 7.11 Å². The Morgan fingerprint density at radius 1 is 1.13 bits per heavy atom. The third-order valence-electron chi connectivity index (χ3n) is 5.96. The first-order valence-electron chi connectivity index (χ1n) is 10.8. The Kier molecular flexibility index (Phi) is 5.19. The molecule has 3 aromatic heterocycles. The van der Waals surface area contributed by atoms with Crippen molar-refractivity contribution >= 4 is 16.9 Å². The van der Waals surface area contributed by atoms with Crippen LogP contribution in [0.25, 0.3) is 16.9 Å². The van der Waals surface area contributed by atoms with E-state index < -0.39 is 0 Å². The van der Waals surface area contributed by atoms with Gasteiger partial charge in [-0.2, -0.15) is 9.50 Å². The molecule has 162 valence electrons. The Morgan fingerprint density at radius 2 is 1.90 bits per heavy atom. The molecule has 1 aliphatic rings. The number of ether oxygens (including phenoxy) is 2. The van der Waals surface area contributed by atoms with Gasteiger partial charge in [0.05, 0.1) is 13.7 Å². The fraction of sp³-hybridized carbons (Fsp3) is 0.455. The zero-order chi connectivity index (χ0) is 21.4. The van der Waals surface area contributed by atoms with Gasteiger partial charge in [-0.1, -0.05) is 25.0 Å². The van der Waals surface area contributed by atoms with Gasteiger partial charge in [0.25, 0.3) is 0 Å². The van der Waals surface area contributed by atoms with E-state index in [1.807, 2.05) is 35.8 Å². The Hall–Kier alpha value is -3.20. The maximum Gasteiger partial charge on any atom is 0.301 e. The van der Waals surface area contributed by atoms with E-state index in [2.05, 4.69) is 15.1 Å². The smallest absolute Gasteiger partial charge is 0.301 e. The minimum Gasteiger partial charge on any atom is -0.497 e. The molecular weight excluding hydrogens is 396 g/mol. The standard InChI is InChI=1S/C22H26N6O3/c1-3-27-20-18(24-19(25-20)15-6-4-5-7-15)21(29)28-22(27)23-17(26-28)13-31-12-14-8-10-16(30-2)11-9-14/h8-11,15H,3-7,12-13H2,1-2H3,(H,24,25). The van der Waals surface area contributed by atoms with Gasteiger partial charge in [-0.05, 0) is 37.5 Å². The number of methoxy groups -OCH3 is 1. The largest absolute Gasteiger partial charge is 0.497 e. The first-order chi connectivity index (χ1) is 15.2. The summed E-state index contributed by atoms with van der Waals surface area (Å²) in [5.74, 6) is 3.07. The molecular formula is C22H26N6O3. The number of nitrogens with one attached hydrogen (secondary N) is 1. The van der Waals surface area contributed by atoms with Crippen molar-refractivity contribution in [3.63, 3.8) is 0 Å². The number of imidazole rings is 1. The van der Waals surface area contributed by atoms with Crippen LogP contribution in [0.5, 0.6) is 5.75 Å². The van der Waals surface area contributed by atoms with E-state index in [1.54, 1.807) is 7.11 Å². The second-order valence-corrected chi connectivity index (χ2v) is 7.93. The highest BCUT2D eigenvalue weighted by atomic mass is 16.5. The van der Waals surface area contributed by atoms with Gasteiger partial charge in [-0.25, -0.2) is 4.98 Å². The summed E-state index contributed by atoms with van der Waals surface area (Å²) >= 11 is 0. The van der Waals surface area contributed by atoms with Crippen LogP contribution in [-0.4, -0.2) is 36.2 Å². The normalized spacial score (nSPS) is 14.8. The molecule has 1 saturated carbocycles. The Bertz CT molecular complexity index is 1260. The maximum atomic E-state index is 13.1. The van der Waals surface area contributed by atoms with Gasteiger partial charge in [0.2, 0.25) is 5.78 Å². The number of hydrogen-bond donors (Lipinski definition) is 1. The van der Waals surface area contributed by atoms with E-state index in [9.17, 15) is 4.79 Å². The summed E-state index contributed by atoms with van der Waals surface area (Å²) in [6, 6.07) is 7.69. The van der Waals surface area contributed by atoms with Gasteiger partial charge in [-0.15, -0.1) is 5.10 Å². The number of nitrogens with zero attached hydrogens (tertiary/aromatic N) is 5. The molecule has 31 heavy (non-hydrogen) atoms. The molecule has 0 spiro atoms. The van der Waals surface area contributed by atoms with Crippen LogP contribution in [0.3, 0.4) is 0 Å². The minimum absolute atomic E-state index is 0.214. The van der Waals surface area contributed by atoms with Crippen LogP contribution in [0.4, 0.5) is 0 Å². The summed E-state index contributed by atoms with van der Waals surface area (Å²) in [6.45, 7) is 3.29. The van der Waals surface area contributed by atoms with Gasteiger partial charge in [-0.3, -0.25) is 9.36 Å². The lowest BCUT2D eigenvalue weighted by atomic mass is 10.1. The topological polar surface area (TPSA) is 99.3 Å². The quantitative estimate of drug-likeness (QED) is 0.491. The van der Waals surface area contributed by atoms with E-state index >= 15 is 0 Å². The highest BCUT2D eigenvalue weighted by Gasteiger charge is 2.24. The molecule has 0 radical (unpaired) electrons. The van der Waals surface area contributed by atoms with Crippen molar-refractivity contribution in [2.24, 2.45) is 0 Å². The van der Waals surface area contributed by atoms with Crippen LogP contribution in [0.2, 0.25) is 0 Å². The fourth-order valence-electron chi connectivity index (χ4n) is 4.31. The van der Waals surface area contributed by atoms with Crippen molar-refractivity contribution in [1.29, 1.82) is 0 Å². The molecule has 0 unspecified atom stereocenters. The summed E-state index contributed by atoms with van der Waals surface area (Å²) in [5.41, 5.74) is 1.95. The highest BCUT2D eigenvalue weighted by molar-refractivity contribution is 5.72. The number of aryl methyl sites for hydroxylation is 1. The summed E-state index contributed by atoms with van der Waals surface area (Å²) in [6.07, 6.45) is 4.66. The summed E-state index contributed by atoms with van der Waals surface area (Å²) in [5, 5.41) is 4.42. The summed E-state index contributed by atoms with van der Waals surface area (Å²) < 4.78 is 14.2. The number of aromatic amines is 1. The molecule has 0 amide bonds. The fourth-order valence-corrected chi connectivity index (χ4v) is 4.31. The molecule has 1 aromatic carbocycles. The average molecular weight is 422 g/mol. The highest BCUT2D eigenvalue weighted by Crippen LogP contribution is 2.33. The third kappa shape index (κ3) is 3.59. The van der Waals surface area contributed by atoms with E-state index in [-0.39, 0.29) is 12.2 Å². The number of hydrogen-bond acceptors (Lipinski definition) is 6. The zero-order valence-corrected chi connectivity index (χ0v) is 17.8. The molecule has 9 heteroatoms. The second kappa shape index (κ2) is 8.14. The molecule has 3 heterocycles. The van der Waals surface area contributed by atoms with Crippen LogP contribution in [0, 0.1) is 0 Å². The number of fused-ring (bicyclic) bond motifs is 2. The monoisotopic (exact) mass is 422 g/mol. The van der Waals surface area contributed by atoms with E-state index in [0.29, 0.717) is 41.8 Å². The number of aromatic nitrogens is 6. The van der Waals surface area contributed by atoms with Crippen LogP contribution in [0.15, 0.2) is 29.1 Å². The molecule has 4 aromatic rings. The van der Waals surface area contributed by atoms with Gasteiger partial charge in [0, 0.05) is 12.5 Å². The molecule has 0 aliphatic heterocycles. The van der Waals surface area contributed by atoms with Gasteiger partial charge in [0.15, 0.2) is 17.0 Å². The Labute approximate surface area is 179 Å². The van der Waals surface area contributed by atoms with Gasteiger partial charge < -0.3 is 14.5 Å². The van der Waals surface area contributed by atoms with Gasteiger partial charge in [0.1, 0.15) is 18.2 Å². The maximum absolute atomic E-state index is 13.1. The molecule has 9 nitrogen and oxygen atoms in total. The number of H-pyrrole nitrogens is 1. The molecule has 5 rings (SSSR count). The molecule has 0 atom stereocenters. The van der Waals surface area contributed by atoms with Crippen molar-refractivity contribution < 1.29 is 9.47 Å². The van der Waals surface area contributed by atoms with Crippen molar-refractivity contribution in [3.05, 3.63) is 51.8 Å². The first-order valence-corrected chi connectivity index (χ1v) is 10.8. The molecule has 0 bridgehead atoms. The van der Waals surface area contributed by atoms with E-state index in [1.165, 1.54) is 17.4 Å². The minimum atomic E-state index is -0.222. The lowest BCUT2D eigenvalue weighted by Gasteiger charge is -2.04. The first kappa shape index (κ1) is 19.7. The van der Waals surface area contributed by atoms with Crippen molar-refractivity contribution in [3.8, 4) is 5.75 Å². The predicted octanol–water partition coefficient (Wildman–Crippen LogP) is 3.17. The zero-order valence-electron chi connectivity index (χ0n) is 17.8. The van der Waals surface area contributed by atoms with Crippen LogP contribution in [-0.2, 0) is 24.5 Å². The Morgan fingerprint density at radius 3 is 2.61 bits per heavy atom. The number of rotatable bonds is 7. The van der Waals surface area contributed by atoms with E-state index in [0.717, 1.165) is 30.0 Å². The SMILES string of the molecule is CCn1c2nc(C3CCCC3)[nH]c2c(=O)n2nc(COCc3ccc(OC)cc3)nc12. The lowest BCUT2D eigenvalue weighted by Crippen LogP contribution is -2.19. The van der Waals surface area contributed by atoms with Crippen molar-refractivity contribution in [2.45, 2.75) is 58.3 Å². The average Bonchev–Trinajstić information content (AvgIpc) is 3.54. The lowest BCUT2D eigenvalue weighted by molar-refractivity contribution is 0.102.